The van der Waals surface area contributed by atoms with E-state index >= 15 is 0 Å². The van der Waals surface area contributed by atoms with Gasteiger partial charge >= 0.3 is 0 Å². The average Bonchev–Trinajstić information content (AvgIpc) is 2.91. The van der Waals surface area contributed by atoms with Gasteiger partial charge in [-0.15, -0.1) is 0 Å². The van der Waals surface area contributed by atoms with Gasteiger partial charge in [0.05, 0.1) is 18.4 Å². The molecule has 1 aromatic carbocycles. The molecule has 1 amide bonds. The maximum absolute atomic E-state index is 12.0. The number of carbonyl (C=O) groups excluding carboxylic acids is 1. The molecule has 0 unspecified atom stereocenters. The van der Waals surface area contributed by atoms with Crippen molar-refractivity contribution in [3.8, 4) is 5.75 Å². The normalized spacial score (nSPS) is 18.3. The van der Waals surface area contributed by atoms with Gasteiger partial charge < -0.3 is 20.5 Å². The Morgan fingerprint density at radius 1 is 1.58 bits per heavy atom. The van der Waals surface area contributed by atoms with Crippen LogP contribution in [-0.2, 0) is 4.74 Å². The third kappa shape index (κ3) is 3.61. The largest absolute Gasteiger partial charge is 0.492 e. The van der Waals surface area contributed by atoms with Crippen molar-refractivity contribution in [3.05, 3.63) is 23.8 Å². The highest BCUT2D eigenvalue weighted by molar-refractivity contribution is 5.95. The molecule has 0 saturated carbocycles. The number of carbonyl (C=O) groups is 1. The molecule has 1 aliphatic heterocycles. The molecule has 0 radical (unpaired) electrons. The molecule has 0 spiro atoms. The molecule has 5 nitrogen and oxygen atoms in total. The van der Waals surface area contributed by atoms with E-state index in [1.54, 1.807) is 18.2 Å². The summed E-state index contributed by atoms with van der Waals surface area (Å²) < 4.78 is 10.8. The molecule has 1 saturated heterocycles. The quantitative estimate of drug-likeness (QED) is 0.792. The first-order valence-electron chi connectivity index (χ1n) is 6.63. The lowest BCUT2D eigenvalue weighted by molar-refractivity contribution is 0.0858. The SMILES string of the molecule is CCOc1ccc(C(=O)NC[C@H]2CCCO2)cc1N. The summed E-state index contributed by atoms with van der Waals surface area (Å²) in [6, 6.07) is 5.07. The van der Waals surface area contributed by atoms with Crippen LogP contribution < -0.4 is 15.8 Å². The fraction of sp³-hybridized carbons (Fsp3) is 0.500. The van der Waals surface area contributed by atoms with E-state index in [1.165, 1.54) is 0 Å². The molecular formula is C14H20N2O3. The topological polar surface area (TPSA) is 73.6 Å². The maximum Gasteiger partial charge on any atom is 0.251 e. The number of hydrogen-bond donors (Lipinski definition) is 2. The van der Waals surface area contributed by atoms with Gasteiger partial charge in [-0.3, -0.25) is 4.79 Å². The van der Waals surface area contributed by atoms with E-state index in [2.05, 4.69) is 5.32 Å². The van der Waals surface area contributed by atoms with Gasteiger partial charge in [0.2, 0.25) is 0 Å². The second kappa shape index (κ2) is 6.43. The molecule has 1 aliphatic rings. The summed E-state index contributed by atoms with van der Waals surface area (Å²) in [4.78, 5) is 12.0. The van der Waals surface area contributed by atoms with Crippen LogP contribution in [0.3, 0.4) is 0 Å². The molecule has 0 aliphatic carbocycles. The summed E-state index contributed by atoms with van der Waals surface area (Å²) in [5, 5.41) is 2.86. The smallest absolute Gasteiger partial charge is 0.251 e. The maximum atomic E-state index is 12.0. The second-order valence-corrected chi connectivity index (χ2v) is 4.53. The number of nitrogen functional groups attached to an aromatic ring is 1. The van der Waals surface area contributed by atoms with Gasteiger partial charge in [-0.25, -0.2) is 0 Å². The Hall–Kier alpha value is -1.75. The van der Waals surface area contributed by atoms with Crippen molar-refractivity contribution in [1.82, 2.24) is 5.32 Å². The van der Waals surface area contributed by atoms with Crippen LogP contribution in [0.2, 0.25) is 0 Å². The van der Waals surface area contributed by atoms with E-state index in [4.69, 9.17) is 15.2 Å². The van der Waals surface area contributed by atoms with Gasteiger partial charge in [-0.05, 0) is 38.0 Å². The van der Waals surface area contributed by atoms with E-state index in [0.29, 0.717) is 30.2 Å². The highest BCUT2D eigenvalue weighted by atomic mass is 16.5. The lowest BCUT2D eigenvalue weighted by atomic mass is 10.1. The van der Waals surface area contributed by atoms with Crippen LogP contribution in [0.25, 0.3) is 0 Å². The van der Waals surface area contributed by atoms with Gasteiger partial charge in [0.1, 0.15) is 5.75 Å². The van der Waals surface area contributed by atoms with Gasteiger partial charge in [-0.2, -0.15) is 0 Å². The van der Waals surface area contributed by atoms with Crippen LogP contribution in [0.5, 0.6) is 5.75 Å². The van der Waals surface area contributed by atoms with Gasteiger partial charge in [-0.1, -0.05) is 0 Å². The molecular weight excluding hydrogens is 244 g/mol. The molecule has 104 valence electrons. The van der Waals surface area contributed by atoms with Crippen LogP contribution in [0.4, 0.5) is 5.69 Å². The van der Waals surface area contributed by atoms with Crippen molar-refractivity contribution in [2.24, 2.45) is 0 Å². The fourth-order valence-electron chi connectivity index (χ4n) is 2.09. The number of ether oxygens (including phenoxy) is 2. The zero-order valence-corrected chi connectivity index (χ0v) is 11.1. The minimum absolute atomic E-state index is 0.134. The molecule has 3 N–H and O–H groups in total. The zero-order valence-electron chi connectivity index (χ0n) is 11.1. The van der Waals surface area contributed by atoms with E-state index in [-0.39, 0.29) is 12.0 Å². The first kappa shape index (κ1) is 13.7. The molecule has 5 heteroatoms. The fourth-order valence-corrected chi connectivity index (χ4v) is 2.09. The number of nitrogens with two attached hydrogens (primary N) is 1. The number of anilines is 1. The first-order chi connectivity index (χ1) is 9.20. The Labute approximate surface area is 113 Å². The molecule has 19 heavy (non-hydrogen) atoms. The minimum Gasteiger partial charge on any atom is -0.492 e. The number of nitrogens with one attached hydrogen (secondary N) is 1. The number of hydrogen-bond acceptors (Lipinski definition) is 4. The Morgan fingerprint density at radius 3 is 3.05 bits per heavy atom. The number of benzene rings is 1. The van der Waals surface area contributed by atoms with Crippen LogP contribution >= 0.6 is 0 Å². The predicted molar refractivity (Wildman–Crippen MR) is 73.3 cm³/mol. The summed E-state index contributed by atoms with van der Waals surface area (Å²) in [6.45, 7) is 3.78. The lowest BCUT2D eigenvalue weighted by Gasteiger charge is -2.12. The van der Waals surface area contributed by atoms with Crippen LogP contribution in [0.1, 0.15) is 30.1 Å². The predicted octanol–water partition coefficient (Wildman–Crippen LogP) is 1.58. The first-order valence-corrected chi connectivity index (χ1v) is 6.63. The van der Waals surface area contributed by atoms with Crippen molar-refractivity contribution in [2.75, 3.05) is 25.5 Å². The standard InChI is InChI=1S/C14H20N2O3/c1-2-18-13-6-5-10(8-12(13)15)14(17)16-9-11-4-3-7-19-11/h5-6,8,11H,2-4,7,9,15H2,1H3,(H,16,17)/t11-/m1/s1. The van der Waals surface area contributed by atoms with Gasteiger partial charge in [0.15, 0.2) is 0 Å². The van der Waals surface area contributed by atoms with Crippen molar-refractivity contribution in [2.45, 2.75) is 25.9 Å². The molecule has 1 heterocycles. The third-order valence-corrected chi connectivity index (χ3v) is 3.09. The van der Waals surface area contributed by atoms with Crippen molar-refractivity contribution in [1.29, 1.82) is 0 Å². The zero-order chi connectivity index (χ0) is 13.7. The van der Waals surface area contributed by atoms with Crippen molar-refractivity contribution < 1.29 is 14.3 Å². The molecule has 1 atom stereocenters. The molecule has 0 aromatic heterocycles. The molecule has 0 bridgehead atoms. The number of amides is 1. The molecule has 2 rings (SSSR count). The highest BCUT2D eigenvalue weighted by Crippen LogP contribution is 2.22. The van der Waals surface area contributed by atoms with Crippen LogP contribution in [0, 0.1) is 0 Å². The van der Waals surface area contributed by atoms with E-state index in [1.807, 2.05) is 6.92 Å². The summed E-state index contributed by atoms with van der Waals surface area (Å²) in [6.07, 6.45) is 2.21. The lowest BCUT2D eigenvalue weighted by Crippen LogP contribution is -2.31. The Balaban J connectivity index is 1.92. The van der Waals surface area contributed by atoms with E-state index in [9.17, 15) is 4.79 Å². The van der Waals surface area contributed by atoms with Crippen molar-refractivity contribution in [3.63, 3.8) is 0 Å². The summed E-state index contributed by atoms with van der Waals surface area (Å²) >= 11 is 0. The highest BCUT2D eigenvalue weighted by Gasteiger charge is 2.17. The minimum atomic E-state index is -0.134. The Bertz CT molecular complexity index is 442. The summed E-state index contributed by atoms with van der Waals surface area (Å²) in [7, 11) is 0. The van der Waals surface area contributed by atoms with Crippen LogP contribution in [-0.4, -0.2) is 31.8 Å². The van der Waals surface area contributed by atoms with Gasteiger partial charge in [0, 0.05) is 18.7 Å². The molecule has 1 aromatic rings. The molecule has 1 fully saturated rings. The van der Waals surface area contributed by atoms with E-state index in [0.717, 1.165) is 19.4 Å². The summed E-state index contributed by atoms with van der Waals surface area (Å²) in [5.74, 6) is 0.475. The third-order valence-electron chi connectivity index (χ3n) is 3.09. The number of rotatable bonds is 5. The van der Waals surface area contributed by atoms with Gasteiger partial charge in [0.25, 0.3) is 5.91 Å². The second-order valence-electron chi connectivity index (χ2n) is 4.53. The van der Waals surface area contributed by atoms with E-state index < -0.39 is 0 Å². The Kier molecular flexibility index (Phi) is 4.63. The van der Waals surface area contributed by atoms with Crippen LogP contribution in [0.15, 0.2) is 18.2 Å². The van der Waals surface area contributed by atoms with Crippen molar-refractivity contribution >= 4 is 11.6 Å². The monoisotopic (exact) mass is 264 g/mol. The summed E-state index contributed by atoms with van der Waals surface area (Å²) in [5.41, 5.74) is 6.85. The Morgan fingerprint density at radius 2 is 2.42 bits per heavy atom. The average molecular weight is 264 g/mol.